The largest absolute Gasteiger partial charge is 0.448 e. The van der Waals surface area contributed by atoms with Gasteiger partial charge in [0.05, 0.1) is 19.8 Å². The van der Waals surface area contributed by atoms with Crippen molar-refractivity contribution in [3.8, 4) is 0 Å². The van der Waals surface area contributed by atoms with Gasteiger partial charge in [-0.05, 0) is 24.7 Å². The molecule has 132 valence electrons. The molecule has 0 aromatic rings. The van der Waals surface area contributed by atoms with Gasteiger partial charge in [0.15, 0.2) is 0 Å². The summed E-state index contributed by atoms with van der Waals surface area (Å²) >= 11 is 0. The van der Waals surface area contributed by atoms with E-state index in [9.17, 15) is 4.79 Å². The minimum atomic E-state index is -0.444. The molecule has 1 aliphatic heterocycles. The van der Waals surface area contributed by atoms with E-state index >= 15 is 0 Å². The van der Waals surface area contributed by atoms with Crippen molar-refractivity contribution in [3.05, 3.63) is 0 Å². The van der Waals surface area contributed by atoms with Crippen LogP contribution in [0.4, 0.5) is 4.79 Å². The Hall–Kier alpha value is -1.10. The van der Waals surface area contributed by atoms with Gasteiger partial charge in [0.2, 0.25) is 0 Å². The minimum Gasteiger partial charge on any atom is -0.448 e. The molecule has 5 heteroatoms. The highest BCUT2D eigenvalue weighted by molar-refractivity contribution is 5.95. The van der Waals surface area contributed by atoms with E-state index in [1.54, 1.807) is 0 Å². The van der Waals surface area contributed by atoms with Crippen molar-refractivity contribution in [1.29, 1.82) is 0 Å². The Balaban J connectivity index is 1.91. The third-order valence-corrected chi connectivity index (χ3v) is 4.76. The molecule has 0 N–H and O–H groups in total. The van der Waals surface area contributed by atoms with E-state index in [-0.39, 0.29) is 5.41 Å². The Labute approximate surface area is 140 Å². The number of carbonyl (C=O) groups is 1. The van der Waals surface area contributed by atoms with Gasteiger partial charge in [-0.1, -0.05) is 40.5 Å². The fraction of sp³-hybridized carbons (Fsp3) is 0.889. The fourth-order valence-corrected chi connectivity index (χ4v) is 3.29. The van der Waals surface area contributed by atoms with Crippen molar-refractivity contribution in [2.75, 3.05) is 32.9 Å². The zero-order valence-electron chi connectivity index (χ0n) is 15.1. The van der Waals surface area contributed by atoms with Crippen molar-refractivity contribution in [2.45, 2.75) is 53.4 Å². The second kappa shape index (κ2) is 8.13. The van der Waals surface area contributed by atoms with Gasteiger partial charge in [-0.2, -0.15) is 4.99 Å². The highest BCUT2D eigenvalue weighted by atomic mass is 16.5. The van der Waals surface area contributed by atoms with Gasteiger partial charge in [-0.25, -0.2) is 4.79 Å². The Kier molecular flexibility index (Phi) is 6.45. The maximum absolute atomic E-state index is 12.2. The molecule has 1 saturated heterocycles. The molecule has 0 unspecified atom stereocenters. The van der Waals surface area contributed by atoms with Crippen molar-refractivity contribution < 1.29 is 14.3 Å². The summed E-state index contributed by atoms with van der Waals surface area (Å²) in [5.41, 5.74) is -0.184. The van der Waals surface area contributed by atoms with Crippen LogP contribution >= 0.6 is 0 Å². The van der Waals surface area contributed by atoms with Gasteiger partial charge < -0.3 is 14.4 Å². The van der Waals surface area contributed by atoms with Crippen LogP contribution in [0.5, 0.6) is 0 Å². The lowest BCUT2D eigenvalue weighted by Crippen LogP contribution is -2.46. The molecule has 2 rings (SSSR count). The van der Waals surface area contributed by atoms with Crippen LogP contribution in [0, 0.1) is 17.3 Å². The summed E-state index contributed by atoms with van der Waals surface area (Å²) in [5, 5.41) is 0. The van der Waals surface area contributed by atoms with Gasteiger partial charge in [0.1, 0.15) is 5.84 Å². The standard InChI is InChI=1S/C18H32N2O3/c1-14-5-7-15(8-6-14)13-23-17(21)19-16(18(2,3)4)20-9-11-22-12-10-20/h14-15H,5-13H2,1-4H3. The topological polar surface area (TPSA) is 51.1 Å². The van der Waals surface area contributed by atoms with Crippen LogP contribution in [0.2, 0.25) is 0 Å². The summed E-state index contributed by atoms with van der Waals surface area (Å²) in [5.74, 6) is 2.13. The lowest BCUT2D eigenvalue weighted by atomic mass is 9.83. The van der Waals surface area contributed by atoms with Crippen LogP contribution in [0.15, 0.2) is 4.99 Å². The van der Waals surface area contributed by atoms with Gasteiger partial charge in [0, 0.05) is 18.5 Å². The molecule has 1 heterocycles. The molecule has 0 spiro atoms. The van der Waals surface area contributed by atoms with Crippen molar-refractivity contribution >= 4 is 11.9 Å². The number of aliphatic imine (C=N–C) groups is 1. The van der Waals surface area contributed by atoms with E-state index in [0.29, 0.717) is 25.7 Å². The summed E-state index contributed by atoms with van der Waals surface area (Å²) in [6.07, 6.45) is 4.36. The first-order valence-corrected chi connectivity index (χ1v) is 8.95. The van der Waals surface area contributed by atoms with Crippen LogP contribution < -0.4 is 0 Å². The van der Waals surface area contributed by atoms with E-state index in [4.69, 9.17) is 9.47 Å². The molecule has 0 aromatic carbocycles. The molecule has 0 bridgehead atoms. The second-order valence-corrected chi connectivity index (χ2v) is 7.99. The predicted octanol–water partition coefficient (Wildman–Crippen LogP) is 3.73. The highest BCUT2D eigenvalue weighted by Crippen LogP contribution is 2.28. The molecule has 0 aromatic heterocycles. The Morgan fingerprint density at radius 3 is 2.35 bits per heavy atom. The first-order valence-electron chi connectivity index (χ1n) is 8.95. The summed E-state index contributed by atoms with van der Waals surface area (Å²) in [4.78, 5) is 18.6. The predicted molar refractivity (Wildman–Crippen MR) is 91.8 cm³/mol. The quantitative estimate of drug-likeness (QED) is 0.574. The normalized spacial score (nSPS) is 27.0. The third-order valence-electron chi connectivity index (χ3n) is 4.76. The van der Waals surface area contributed by atoms with Gasteiger partial charge >= 0.3 is 6.09 Å². The monoisotopic (exact) mass is 324 g/mol. The SMILES string of the molecule is CC1CCC(COC(=O)N=C(N2CCOCC2)C(C)(C)C)CC1. The molecule has 0 radical (unpaired) electrons. The second-order valence-electron chi connectivity index (χ2n) is 7.99. The van der Waals surface area contributed by atoms with Crippen LogP contribution in [-0.4, -0.2) is 49.7 Å². The number of carbonyl (C=O) groups excluding carboxylic acids is 1. The molecule has 1 saturated carbocycles. The lowest BCUT2D eigenvalue weighted by Gasteiger charge is -2.35. The molecule has 2 aliphatic rings. The van der Waals surface area contributed by atoms with E-state index < -0.39 is 6.09 Å². The molecule has 0 atom stereocenters. The number of amides is 1. The molecular weight excluding hydrogens is 292 g/mol. The zero-order valence-corrected chi connectivity index (χ0v) is 15.1. The molecule has 2 fully saturated rings. The number of rotatable bonds is 2. The average molecular weight is 324 g/mol. The van der Waals surface area contributed by atoms with Gasteiger partial charge in [-0.15, -0.1) is 0 Å². The number of nitrogens with zero attached hydrogens (tertiary/aromatic N) is 2. The molecule has 1 aliphatic carbocycles. The van der Waals surface area contributed by atoms with E-state index in [2.05, 4.69) is 37.6 Å². The molecule has 1 amide bonds. The minimum absolute atomic E-state index is 0.184. The number of morpholine rings is 1. The highest BCUT2D eigenvalue weighted by Gasteiger charge is 2.28. The smallest absolute Gasteiger partial charge is 0.435 e. The van der Waals surface area contributed by atoms with Crippen LogP contribution in [-0.2, 0) is 9.47 Å². The molecule has 23 heavy (non-hydrogen) atoms. The summed E-state index contributed by atoms with van der Waals surface area (Å²) < 4.78 is 10.8. The summed E-state index contributed by atoms with van der Waals surface area (Å²) in [7, 11) is 0. The summed E-state index contributed by atoms with van der Waals surface area (Å²) in [6.45, 7) is 12.0. The number of amidine groups is 1. The van der Waals surface area contributed by atoms with E-state index in [0.717, 1.165) is 37.7 Å². The number of hydrogen-bond donors (Lipinski definition) is 0. The molecular formula is C18H32N2O3. The lowest BCUT2D eigenvalue weighted by molar-refractivity contribution is 0.0640. The summed E-state index contributed by atoms with van der Waals surface area (Å²) in [6, 6.07) is 0. The third kappa shape index (κ3) is 5.79. The van der Waals surface area contributed by atoms with Crippen molar-refractivity contribution in [2.24, 2.45) is 22.2 Å². The Morgan fingerprint density at radius 1 is 1.17 bits per heavy atom. The van der Waals surface area contributed by atoms with E-state index in [1.807, 2.05) is 0 Å². The first kappa shape index (κ1) is 18.2. The van der Waals surface area contributed by atoms with Gasteiger partial charge in [-0.3, -0.25) is 0 Å². The van der Waals surface area contributed by atoms with Crippen molar-refractivity contribution in [1.82, 2.24) is 4.90 Å². The van der Waals surface area contributed by atoms with Crippen LogP contribution in [0.1, 0.15) is 53.4 Å². The average Bonchev–Trinajstić information content (AvgIpc) is 2.52. The van der Waals surface area contributed by atoms with Crippen LogP contribution in [0.25, 0.3) is 0 Å². The maximum atomic E-state index is 12.2. The zero-order chi connectivity index (χ0) is 16.9. The molecule has 5 nitrogen and oxygen atoms in total. The maximum Gasteiger partial charge on any atom is 0.435 e. The first-order chi connectivity index (χ1) is 10.9. The Morgan fingerprint density at radius 2 is 1.78 bits per heavy atom. The van der Waals surface area contributed by atoms with Gasteiger partial charge in [0.25, 0.3) is 0 Å². The fourth-order valence-electron chi connectivity index (χ4n) is 3.29. The number of hydrogen-bond acceptors (Lipinski definition) is 3. The van der Waals surface area contributed by atoms with Crippen LogP contribution in [0.3, 0.4) is 0 Å². The van der Waals surface area contributed by atoms with E-state index in [1.165, 1.54) is 12.8 Å². The number of ether oxygens (including phenoxy) is 2. The van der Waals surface area contributed by atoms with Crippen molar-refractivity contribution in [3.63, 3.8) is 0 Å². The Bertz CT molecular complexity index is 414.